The summed E-state index contributed by atoms with van der Waals surface area (Å²) in [4.78, 5) is 0. The van der Waals surface area contributed by atoms with Crippen molar-refractivity contribution in [2.24, 2.45) is 0 Å². The summed E-state index contributed by atoms with van der Waals surface area (Å²) < 4.78 is 20.0. The van der Waals surface area contributed by atoms with Crippen LogP contribution in [0.25, 0.3) is 0 Å². The Labute approximate surface area is 197 Å². The van der Waals surface area contributed by atoms with E-state index in [0.717, 1.165) is 17.2 Å². The quantitative estimate of drug-likeness (QED) is 0.325. The molecule has 31 heavy (non-hydrogen) atoms. The fourth-order valence-electron chi connectivity index (χ4n) is 3.10. The molecule has 0 spiro atoms. The van der Waals surface area contributed by atoms with Gasteiger partial charge in [-0.2, -0.15) is 0 Å². The van der Waals surface area contributed by atoms with E-state index in [0.29, 0.717) is 6.61 Å². The second kappa shape index (κ2) is 10.5. The zero-order chi connectivity index (χ0) is 22.4. The summed E-state index contributed by atoms with van der Waals surface area (Å²) >= 11 is -0.216. The Bertz CT molecular complexity index is 973. The van der Waals surface area contributed by atoms with Crippen LogP contribution in [0.5, 0.6) is 17.2 Å². The summed E-state index contributed by atoms with van der Waals surface area (Å²) in [5, 5.41) is 0. The molecular formula is C27H32IO3+. The van der Waals surface area contributed by atoms with Crippen molar-refractivity contribution in [3.05, 3.63) is 85.0 Å². The second-order valence-corrected chi connectivity index (χ2v) is 11.4. The van der Waals surface area contributed by atoms with Gasteiger partial charge in [0, 0.05) is 12.2 Å². The van der Waals surface area contributed by atoms with Crippen molar-refractivity contribution >= 4 is 0 Å². The highest BCUT2D eigenvalue weighted by Crippen LogP contribution is 2.25. The molecule has 3 aromatic rings. The normalized spacial score (nSPS) is 12.5. The van der Waals surface area contributed by atoms with Gasteiger partial charge in [0.15, 0.2) is 13.4 Å². The van der Waals surface area contributed by atoms with Crippen molar-refractivity contribution < 1.29 is 35.4 Å². The Morgan fingerprint density at radius 3 is 2.03 bits per heavy atom. The van der Waals surface area contributed by atoms with Crippen LogP contribution < -0.4 is 30.7 Å². The topological polar surface area (TPSA) is 27.7 Å². The predicted molar refractivity (Wildman–Crippen MR) is 122 cm³/mol. The summed E-state index contributed by atoms with van der Waals surface area (Å²) in [6, 6.07) is 23.1. The molecule has 4 heteroatoms. The van der Waals surface area contributed by atoms with E-state index in [1.54, 1.807) is 0 Å². The fraction of sp³-hybridized carbons (Fsp3) is 0.333. The third-order valence-corrected chi connectivity index (χ3v) is 7.95. The molecule has 0 amide bonds. The summed E-state index contributed by atoms with van der Waals surface area (Å²) in [5.74, 6) is 2.41. The first-order chi connectivity index (χ1) is 14.7. The lowest BCUT2D eigenvalue weighted by molar-refractivity contribution is -0.598. The van der Waals surface area contributed by atoms with Crippen molar-refractivity contribution in [3.8, 4) is 17.2 Å². The molecule has 0 aliphatic rings. The molecule has 164 valence electrons. The maximum atomic E-state index is 6.05. The lowest BCUT2D eigenvalue weighted by atomic mass is 9.87. The van der Waals surface area contributed by atoms with E-state index < -0.39 is 0 Å². The molecular weight excluding hydrogens is 499 g/mol. The van der Waals surface area contributed by atoms with E-state index >= 15 is 0 Å². The van der Waals surface area contributed by atoms with Gasteiger partial charge in [0.1, 0.15) is 17.2 Å². The minimum absolute atomic E-state index is 0.192. The lowest BCUT2D eigenvalue weighted by Crippen LogP contribution is -3.61. The van der Waals surface area contributed by atoms with Crippen LogP contribution in [-0.4, -0.2) is 12.9 Å². The fourth-order valence-corrected chi connectivity index (χ4v) is 5.43. The van der Waals surface area contributed by atoms with Crippen LogP contribution in [0.3, 0.4) is 0 Å². The van der Waals surface area contributed by atoms with E-state index in [4.69, 9.17) is 14.2 Å². The first-order valence-electron chi connectivity index (χ1n) is 10.7. The molecule has 3 nitrogen and oxygen atoms in total. The van der Waals surface area contributed by atoms with Gasteiger partial charge in [0.25, 0.3) is 0 Å². The van der Waals surface area contributed by atoms with Gasteiger partial charge in [-0.25, -0.2) is 0 Å². The van der Waals surface area contributed by atoms with Crippen LogP contribution in [-0.2, 0) is 10.2 Å². The van der Waals surface area contributed by atoms with Gasteiger partial charge in [-0.05, 0) is 86.3 Å². The number of hydrogen-bond donors (Lipinski definition) is 0. The van der Waals surface area contributed by atoms with Gasteiger partial charge in [0.2, 0.25) is 0 Å². The first-order valence-corrected chi connectivity index (χ1v) is 12.8. The van der Waals surface area contributed by atoms with E-state index in [-0.39, 0.29) is 32.9 Å². The van der Waals surface area contributed by atoms with E-state index in [9.17, 15) is 0 Å². The Hall–Kier alpha value is -2.05. The molecule has 0 radical (unpaired) electrons. The van der Waals surface area contributed by atoms with E-state index in [1.807, 2.05) is 38.1 Å². The van der Waals surface area contributed by atoms with Crippen LogP contribution >= 0.6 is 0 Å². The van der Waals surface area contributed by atoms with Gasteiger partial charge in [-0.3, -0.25) is 0 Å². The molecule has 0 aliphatic carbocycles. The molecule has 0 heterocycles. The van der Waals surface area contributed by atoms with Crippen molar-refractivity contribution in [2.45, 2.75) is 53.2 Å². The Morgan fingerprint density at radius 2 is 1.45 bits per heavy atom. The monoisotopic (exact) mass is 531 g/mol. The van der Waals surface area contributed by atoms with Gasteiger partial charge >= 0.3 is 21.2 Å². The highest BCUT2D eigenvalue weighted by Gasteiger charge is 2.20. The number of halogens is 1. The van der Waals surface area contributed by atoms with Crippen molar-refractivity contribution in [1.82, 2.24) is 0 Å². The predicted octanol–water partition coefficient (Wildman–Crippen LogP) is 3.97. The highest BCUT2D eigenvalue weighted by molar-refractivity contribution is 5.36. The van der Waals surface area contributed by atoms with E-state index in [2.05, 4.69) is 70.2 Å². The van der Waals surface area contributed by atoms with E-state index in [1.165, 1.54) is 18.3 Å². The van der Waals surface area contributed by atoms with Gasteiger partial charge < -0.3 is 14.2 Å². The Morgan fingerprint density at radius 1 is 0.839 bits per heavy atom. The van der Waals surface area contributed by atoms with Gasteiger partial charge in [-0.15, -0.1) is 0 Å². The summed E-state index contributed by atoms with van der Waals surface area (Å²) in [5.41, 5.74) is 2.85. The molecule has 0 aromatic heterocycles. The number of aryl methyl sites for hydroxylation is 1. The van der Waals surface area contributed by atoms with Crippen molar-refractivity contribution in [2.75, 3.05) is 6.61 Å². The second-order valence-electron chi connectivity index (χ2n) is 8.48. The van der Waals surface area contributed by atoms with Crippen LogP contribution in [0.2, 0.25) is 0 Å². The highest BCUT2D eigenvalue weighted by atomic mass is 127. The molecule has 0 bridgehead atoms. The van der Waals surface area contributed by atoms with Crippen LogP contribution in [0.1, 0.15) is 45.7 Å². The number of hydrogen-bond acceptors (Lipinski definition) is 3. The maximum Gasteiger partial charge on any atom is 0.358 e. The van der Waals surface area contributed by atoms with Gasteiger partial charge in [0.05, 0.1) is 0 Å². The summed E-state index contributed by atoms with van der Waals surface area (Å²) in [7, 11) is 0. The molecule has 0 saturated carbocycles. The van der Waals surface area contributed by atoms with Crippen LogP contribution in [0.4, 0.5) is 0 Å². The molecule has 0 saturated heterocycles. The molecule has 1 atom stereocenters. The molecule has 0 aliphatic heterocycles. The number of benzene rings is 3. The third kappa shape index (κ3) is 6.97. The molecule has 3 aromatic carbocycles. The van der Waals surface area contributed by atoms with Crippen LogP contribution in [0.15, 0.2) is 66.7 Å². The SMILES string of the molecule is CCOC(C)Oc1ccc(Oc2ccc([I+]c3ccc(C(C)(C)C)cc3)c(C)c2)cc1. The smallest absolute Gasteiger partial charge is 0.358 e. The average molecular weight is 531 g/mol. The van der Waals surface area contributed by atoms with Gasteiger partial charge in [-0.1, -0.05) is 32.9 Å². The third-order valence-electron chi connectivity index (χ3n) is 4.81. The lowest BCUT2D eigenvalue weighted by Gasteiger charge is -2.18. The zero-order valence-corrected chi connectivity index (χ0v) is 21.4. The molecule has 0 N–H and O–H groups in total. The molecule has 1 unspecified atom stereocenters. The standard InChI is InChI=1S/C27H32IO3/c1-7-29-20(3)30-23-12-14-24(15-13-23)31-25-16-17-26(19(2)18-25)28-22-10-8-21(9-11-22)27(4,5)6/h8-18,20H,7H2,1-6H3/q+1. The molecule has 0 fully saturated rings. The zero-order valence-electron chi connectivity index (χ0n) is 19.2. The Balaban J connectivity index is 1.63. The Kier molecular flexibility index (Phi) is 8.00. The minimum atomic E-state index is -0.264. The number of ether oxygens (including phenoxy) is 3. The number of rotatable bonds is 8. The van der Waals surface area contributed by atoms with Crippen molar-refractivity contribution in [3.63, 3.8) is 0 Å². The summed E-state index contributed by atoms with van der Waals surface area (Å²) in [6.45, 7) is 13.4. The minimum Gasteiger partial charge on any atom is -0.465 e. The average Bonchev–Trinajstić information content (AvgIpc) is 2.71. The first kappa shape index (κ1) is 23.6. The largest absolute Gasteiger partial charge is 0.465 e. The summed E-state index contributed by atoms with van der Waals surface area (Å²) in [6.07, 6.45) is -0.264. The van der Waals surface area contributed by atoms with Crippen molar-refractivity contribution in [1.29, 1.82) is 0 Å². The maximum absolute atomic E-state index is 6.05. The van der Waals surface area contributed by atoms with Crippen LogP contribution in [0, 0.1) is 14.1 Å². The molecule has 3 rings (SSSR count).